The average Bonchev–Trinajstić information content (AvgIpc) is 2.81. The normalized spacial score (nSPS) is 11.7. The number of rotatable bonds is 11. The summed E-state index contributed by atoms with van der Waals surface area (Å²) in [6.07, 6.45) is 0.919. The van der Waals surface area contributed by atoms with E-state index in [1.807, 2.05) is 30.3 Å². The lowest BCUT2D eigenvalue weighted by Crippen LogP contribution is -2.45. The van der Waals surface area contributed by atoms with E-state index >= 15 is 0 Å². The van der Waals surface area contributed by atoms with Gasteiger partial charge in [0.1, 0.15) is 5.75 Å². The van der Waals surface area contributed by atoms with E-state index in [2.05, 4.69) is 12.1 Å². The summed E-state index contributed by atoms with van der Waals surface area (Å²) in [7, 11) is 4.72. The first kappa shape index (κ1) is 26.5. The van der Waals surface area contributed by atoms with E-state index in [0.717, 1.165) is 18.0 Å². The molecule has 0 unspecified atom stereocenters. The molecule has 9 heteroatoms. The van der Waals surface area contributed by atoms with Crippen LogP contribution in [0.1, 0.15) is 11.1 Å². The molecule has 2 aromatic carbocycles. The molecule has 0 aliphatic rings. The Bertz CT molecular complexity index is 674. The fourth-order valence-corrected chi connectivity index (χ4v) is 6.20. The predicted octanol–water partition coefficient (Wildman–Crippen LogP) is 3.46. The van der Waals surface area contributed by atoms with Gasteiger partial charge in [-0.05, 0) is 29.7 Å². The smallest absolute Gasteiger partial charge is 0.504 e. The van der Waals surface area contributed by atoms with E-state index in [1.54, 1.807) is 54.8 Å². The Balaban J connectivity index is 0.000000300. The SMILES string of the molecule is CO[Si](CCc1ccccc1)(OC)OC.CO[Si](Cc1ccc(O)cc1)(OC)OC. The van der Waals surface area contributed by atoms with Crippen LogP contribution >= 0.6 is 0 Å². The van der Waals surface area contributed by atoms with E-state index in [1.165, 1.54) is 5.56 Å². The first-order valence-corrected chi connectivity index (χ1v) is 13.4. The minimum absolute atomic E-state index is 0.248. The zero-order valence-electron chi connectivity index (χ0n) is 18.7. The number of phenolic OH excluding ortho intramolecular Hbond substituents is 1. The van der Waals surface area contributed by atoms with Crippen molar-refractivity contribution in [2.24, 2.45) is 0 Å². The first-order chi connectivity index (χ1) is 14.4. The molecule has 30 heavy (non-hydrogen) atoms. The highest BCUT2D eigenvalue weighted by atomic mass is 28.4. The molecule has 0 atom stereocenters. The van der Waals surface area contributed by atoms with Crippen molar-refractivity contribution in [3.05, 3.63) is 65.7 Å². The number of hydrogen-bond acceptors (Lipinski definition) is 7. The van der Waals surface area contributed by atoms with Crippen LogP contribution in [-0.4, -0.2) is 65.4 Å². The van der Waals surface area contributed by atoms with Crippen LogP contribution in [0.25, 0.3) is 0 Å². The molecule has 7 nitrogen and oxygen atoms in total. The molecule has 0 bridgehead atoms. The molecule has 0 heterocycles. The second kappa shape index (κ2) is 13.7. The van der Waals surface area contributed by atoms with E-state index in [-0.39, 0.29) is 5.75 Å². The number of hydrogen-bond donors (Lipinski definition) is 1. The van der Waals surface area contributed by atoms with Crippen LogP contribution in [0, 0.1) is 0 Å². The Morgan fingerprint density at radius 1 is 0.600 bits per heavy atom. The maximum Gasteiger partial charge on any atom is 0.504 e. The summed E-state index contributed by atoms with van der Waals surface area (Å²) >= 11 is 0. The molecule has 1 N–H and O–H groups in total. The number of aromatic hydroxyl groups is 1. The van der Waals surface area contributed by atoms with Gasteiger partial charge in [0.25, 0.3) is 0 Å². The van der Waals surface area contributed by atoms with Gasteiger partial charge < -0.3 is 31.7 Å². The van der Waals surface area contributed by atoms with Crippen LogP contribution in [0.2, 0.25) is 6.04 Å². The van der Waals surface area contributed by atoms with Crippen molar-refractivity contribution >= 4 is 17.6 Å². The van der Waals surface area contributed by atoms with Gasteiger partial charge in [0.15, 0.2) is 0 Å². The summed E-state index contributed by atoms with van der Waals surface area (Å²) in [5.74, 6) is 0.248. The van der Waals surface area contributed by atoms with Crippen LogP contribution in [0.5, 0.6) is 5.75 Å². The van der Waals surface area contributed by atoms with Gasteiger partial charge in [0.05, 0.1) is 0 Å². The van der Waals surface area contributed by atoms with Crippen molar-refractivity contribution in [1.29, 1.82) is 0 Å². The predicted molar refractivity (Wildman–Crippen MR) is 120 cm³/mol. The van der Waals surface area contributed by atoms with Gasteiger partial charge >= 0.3 is 17.6 Å². The largest absolute Gasteiger partial charge is 0.508 e. The second-order valence-electron chi connectivity index (χ2n) is 6.42. The third-order valence-corrected chi connectivity index (χ3v) is 10.2. The van der Waals surface area contributed by atoms with Gasteiger partial charge in [0.2, 0.25) is 0 Å². The lowest BCUT2D eigenvalue weighted by atomic mass is 10.2. The van der Waals surface area contributed by atoms with Crippen LogP contribution in [0.15, 0.2) is 54.6 Å². The highest BCUT2D eigenvalue weighted by Gasteiger charge is 2.38. The highest BCUT2D eigenvalue weighted by Crippen LogP contribution is 2.17. The third kappa shape index (κ3) is 8.28. The molecule has 0 radical (unpaired) electrons. The number of benzene rings is 2. The minimum atomic E-state index is -2.56. The standard InChI is InChI=1S/C11H18O3Si.C10H16O4Si/c1-12-15(13-2,14-3)10-9-11-7-5-4-6-8-11;1-12-15(13-2,14-3)8-9-4-6-10(11)7-5-9/h4-8H,9-10H2,1-3H3;4-7,11H,8H2,1-3H3. The van der Waals surface area contributed by atoms with Crippen molar-refractivity contribution in [2.45, 2.75) is 18.5 Å². The zero-order valence-corrected chi connectivity index (χ0v) is 20.7. The molecule has 0 aliphatic carbocycles. The molecular weight excluding hydrogens is 420 g/mol. The number of aryl methyl sites for hydroxylation is 1. The van der Waals surface area contributed by atoms with Crippen molar-refractivity contribution in [2.75, 3.05) is 42.7 Å². The van der Waals surface area contributed by atoms with Gasteiger partial charge in [-0.1, -0.05) is 42.5 Å². The summed E-state index contributed by atoms with van der Waals surface area (Å²) in [6.45, 7) is 0. The molecule has 0 amide bonds. The Labute approximate surface area is 182 Å². The summed E-state index contributed by atoms with van der Waals surface area (Å²) < 4.78 is 32.0. The van der Waals surface area contributed by atoms with E-state index in [4.69, 9.17) is 31.7 Å². The zero-order chi connectivity index (χ0) is 22.5. The van der Waals surface area contributed by atoms with E-state index < -0.39 is 17.6 Å². The molecule has 168 valence electrons. The average molecular weight is 455 g/mol. The quantitative estimate of drug-likeness (QED) is 0.521. The Morgan fingerprint density at radius 3 is 1.50 bits per heavy atom. The van der Waals surface area contributed by atoms with Crippen LogP contribution < -0.4 is 0 Å². The minimum Gasteiger partial charge on any atom is -0.508 e. The molecule has 2 aromatic rings. The molecule has 0 saturated carbocycles. The van der Waals surface area contributed by atoms with Crippen LogP contribution in [0.4, 0.5) is 0 Å². The Kier molecular flexibility index (Phi) is 12.1. The molecule has 0 aromatic heterocycles. The van der Waals surface area contributed by atoms with Gasteiger partial charge in [0, 0.05) is 54.7 Å². The Hall–Kier alpha value is -1.57. The lowest BCUT2D eigenvalue weighted by molar-refractivity contribution is 0.122. The fraction of sp³-hybridized carbons (Fsp3) is 0.429. The summed E-state index contributed by atoms with van der Waals surface area (Å²) in [5, 5.41) is 9.14. The molecule has 0 aliphatic heterocycles. The first-order valence-electron chi connectivity index (χ1n) is 9.54. The molecule has 0 fully saturated rings. The molecule has 2 rings (SSSR count). The summed E-state index contributed by atoms with van der Waals surface area (Å²) in [6, 6.07) is 18.6. The number of phenols is 1. The Morgan fingerprint density at radius 2 is 1.07 bits per heavy atom. The van der Waals surface area contributed by atoms with Gasteiger partial charge in [-0.25, -0.2) is 0 Å². The molecular formula is C21H34O7Si2. The van der Waals surface area contributed by atoms with Crippen molar-refractivity contribution in [3.63, 3.8) is 0 Å². The van der Waals surface area contributed by atoms with Crippen molar-refractivity contribution in [1.82, 2.24) is 0 Å². The van der Waals surface area contributed by atoms with E-state index in [9.17, 15) is 0 Å². The maximum absolute atomic E-state index is 9.14. The van der Waals surface area contributed by atoms with Gasteiger partial charge in [-0.15, -0.1) is 0 Å². The fourth-order valence-electron chi connectivity index (χ4n) is 2.83. The molecule has 0 spiro atoms. The molecule has 0 saturated heterocycles. The monoisotopic (exact) mass is 454 g/mol. The lowest BCUT2D eigenvalue weighted by Gasteiger charge is -2.24. The van der Waals surface area contributed by atoms with Crippen LogP contribution in [0.3, 0.4) is 0 Å². The second-order valence-corrected chi connectivity index (χ2v) is 12.5. The van der Waals surface area contributed by atoms with Gasteiger partial charge in [-0.3, -0.25) is 0 Å². The maximum atomic E-state index is 9.14. The van der Waals surface area contributed by atoms with Crippen LogP contribution in [-0.2, 0) is 39.0 Å². The van der Waals surface area contributed by atoms with Crippen molar-refractivity contribution in [3.8, 4) is 5.75 Å². The van der Waals surface area contributed by atoms with Crippen molar-refractivity contribution < 1.29 is 31.7 Å². The third-order valence-electron chi connectivity index (χ3n) is 4.79. The van der Waals surface area contributed by atoms with E-state index in [0.29, 0.717) is 6.04 Å². The topological polar surface area (TPSA) is 75.6 Å². The summed E-state index contributed by atoms with van der Waals surface area (Å²) in [4.78, 5) is 0. The highest BCUT2D eigenvalue weighted by molar-refractivity contribution is 6.60. The summed E-state index contributed by atoms with van der Waals surface area (Å²) in [5.41, 5.74) is 2.30. The van der Waals surface area contributed by atoms with Gasteiger partial charge in [-0.2, -0.15) is 0 Å².